The van der Waals surface area contributed by atoms with E-state index >= 15 is 0 Å². The number of nitrogens with one attached hydrogen (secondary N) is 1. The van der Waals surface area contributed by atoms with Gasteiger partial charge in [-0.15, -0.1) is 0 Å². The van der Waals surface area contributed by atoms with E-state index in [1.165, 1.54) is 18.2 Å². The van der Waals surface area contributed by atoms with Crippen molar-refractivity contribution in [2.75, 3.05) is 0 Å². The summed E-state index contributed by atoms with van der Waals surface area (Å²) in [6, 6.07) is 11.5. The van der Waals surface area contributed by atoms with Gasteiger partial charge >= 0.3 is 5.76 Å². The third-order valence-electron chi connectivity index (χ3n) is 3.77. The van der Waals surface area contributed by atoms with E-state index in [9.17, 15) is 19.7 Å². The fourth-order valence-corrected chi connectivity index (χ4v) is 2.42. The lowest BCUT2D eigenvalue weighted by atomic mass is 10.1. The van der Waals surface area contributed by atoms with E-state index in [0.29, 0.717) is 6.54 Å². The number of fused-ring (bicyclic) bond motifs is 1. The molecule has 0 atom stereocenters. The Morgan fingerprint density at radius 3 is 2.64 bits per heavy atom. The number of amides is 1. The zero-order valence-corrected chi connectivity index (χ0v) is 13.4. The smallest absolute Gasteiger partial charge is 0.408 e. The molecule has 1 heterocycles. The molecule has 0 aliphatic rings. The van der Waals surface area contributed by atoms with Crippen LogP contribution in [-0.2, 0) is 17.9 Å². The van der Waals surface area contributed by atoms with Crippen molar-refractivity contribution in [2.45, 2.75) is 20.0 Å². The molecule has 0 aliphatic carbocycles. The van der Waals surface area contributed by atoms with Crippen molar-refractivity contribution in [1.29, 1.82) is 0 Å². The van der Waals surface area contributed by atoms with Crippen LogP contribution >= 0.6 is 0 Å². The van der Waals surface area contributed by atoms with Gasteiger partial charge < -0.3 is 9.73 Å². The van der Waals surface area contributed by atoms with E-state index in [0.717, 1.165) is 15.7 Å². The second kappa shape index (κ2) is 6.60. The molecule has 8 heteroatoms. The Morgan fingerprint density at radius 2 is 1.96 bits per heavy atom. The Kier molecular flexibility index (Phi) is 4.34. The van der Waals surface area contributed by atoms with Gasteiger partial charge in [0.15, 0.2) is 5.58 Å². The predicted molar refractivity (Wildman–Crippen MR) is 90.2 cm³/mol. The molecule has 0 unspecified atom stereocenters. The topological polar surface area (TPSA) is 107 Å². The number of nitro groups is 1. The standard InChI is InChI=1S/C17H15N3O5/c1-11-2-4-12(5-3-11)9-18-16(21)10-19-14-8-13(20(23)24)6-7-15(14)25-17(19)22/h2-8H,9-10H2,1H3,(H,18,21). The number of hydrogen-bond acceptors (Lipinski definition) is 5. The van der Waals surface area contributed by atoms with Crippen LogP contribution in [0, 0.1) is 17.0 Å². The molecule has 1 aromatic heterocycles. The number of non-ortho nitro benzene ring substituents is 1. The number of nitro benzene ring substituents is 1. The number of hydrogen-bond donors (Lipinski definition) is 1. The summed E-state index contributed by atoms with van der Waals surface area (Å²) in [5.41, 5.74) is 2.28. The van der Waals surface area contributed by atoms with Gasteiger partial charge in [-0.1, -0.05) is 29.8 Å². The molecular formula is C17H15N3O5. The first-order valence-electron chi connectivity index (χ1n) is 7.54. The minimum Gasteiger partial charge on any atom is -0.408 e. The van der Waals surface area contributed by atoms with Crippen LogP contribution in [0.5, 0.6) is 0 Å². The molecule has 3 aromatic rings. The molecule has 0 saturated carbocycles. The SMILES string of the molecule is Cc1ccc(CNC(=O)Cn2c(=O)oc3ccc([N+](=O)[O-])cc32)cc1. The Balaban J connectivity index is 1.77. The molecule has 8 nitrogen and oxygen atoms in total. The molecule has 0 spiro atoms. The average molecular weight is 341 g/mol. The van der Waals surface area contributed by atoms with Gasteiger partial charge in [0.1, 0.15) is 6.54 Å². The maximum absolute atomic E-state index is 12.1. The van der Waals surface area contributed by atoms with Gasteiger partial charge in [0, 0.05) is 18.7 Å². The highest BCUT2D eigenvalue weighted by molar-refractivity contribution is 5.80. The second-order valence-corrected chi connectivity index (χ2v) is 5.63. The van der Waals surface area contributed by atoms with Crippen LogP contribution in [0.15, 0.2) is 51.7 Å². The van der Waals surface area contributed by atoms with Crippen molar-refractivity contribution in [3.05, 3.63) is 74.3 Å². The van der Waals surface area contributed by atoms with E-state index in [4.69, 9.17) is 4.42 Å². The fourth-order valence-electron chi connectivity index (χ4n) is 2.42. The summed E-state index contributed by atoms with van der Waals surface area (Å²) in [7, 11) is 0. The summed E-state index contributed by atoms with van der Waals surface area (Å²) in [5, 5.41) is 13.6. The molecule has 1 amide bonds. The zero-order chi connectivity index (χ0) is 18.0. The van der Waals surface area contributed by atoms with Gasteiger partial charge in [0.25, 0.3) is 5.69 Å². The van der Waals surface area contributed by atoms with E-state index in [-0.39, 0.29) is 23.3 Å². The van der Waals surface area contributed by atoms with Gasteiger partial charge in [0.05, 0.1) is 10.4 Å². The molecule has 25 heavy (non-hydrogen) atoms. The third kappa shape index (κ3) is 3.57. The highest BCUT2D eigenvalue weighted by atomic mass is 16.6. The summed E-state index contributed by atoms with van der Waals surface area (Å²) in [5.74, 6) is -1.13. The van der Waals surface area contributed by atoms with E-state index in [1.54, 1.807) is 0 Å². The quantitative estimate of drug-likeness (QED) is 0.565. The Bertz CT molecular complexity index is 1000. The molecule has 0 radical (unpaired) electrons. The Labute approximate surface area is 141 Å². The monoisotopic (exact) mass is 341 g/mol. The summed E-state index contributed by atoms with van der Waals surface area (Å²) < 4.78 is 6.09. The van der Waals surface area contributed by atoms with Crippen molar-refractivity contribution < 1.29 is 14.1 Å². The van der Waals surface area contributed by atoms with Crippen LogP contribution in [0.3, 0.4) is 0 Å². The van der Waals surface area contributed by atoms with Crippen molar-refractivity contribution >= 4 is 22.7 Å². The zero-order valence-electron chi connectivity index (χ0n) is 13.4. The highest BCUT2D eigenvalue weighted by Crippen LogP contribution is 2.20. The van der Waals surface area contributed by atoms with Gasteiger partial charge in [-0.05, 0) is 18.6 Å². The van der Waals surface area contributed by atoms with Gasteiger partial charge in [-0.2, -0.15) is 0 Å². The van der Waals surface area contributed by atoms with Crippen LogP contribution in [0.1, 0.15) is 11.1 Å². The molecule has 2 aromatic carbocycles. The number of aromatic nitrogens is 1. The average Bonchev–Trinajstić information content (AvgIpc) is 2.89. The maximum atomic E-state index is 12.1. The van der Waals surface area contributed by atoms with Crippen LogP contribution in [0.4, 0.5) is 5.69 Å². The summed E-state index contributed by atoms with van der Waals surface area (Å²) in [4.78, 5) is 34.3. The van der Waals surface area contributed by atoms with Crippen LogP contribution in [-0.4, -0.2) is 15.4 Å². The van der Waals surface area contributed by atoms with Gasteiger partial charge in [0.2, 0.25) is 5.91 Å². The molecule has 0 saturated heterocycles. The molecule has 0 aliphatic heterocycles. The molecule has 0 fully saturated rings. The van der Waals surface area contributed by atoms with Crippen LogP contribution < -0.4 is 11.1 Å². The Morgan fingerprint density at radius 1 is 1.24 bits per heavy atom. The van der Waals surface area contributed by atoms with Gasteiger partial charge in [-0.3, -0.25) is 19.5 Å². The number of benzene rings is 2. The molecule has 0 bridgehead atoms. The summed E-state index contributed by atoms with van der Waals surface area (Å²) in [6.45, 7) is 2.01. The van der Waals surface area contributed by atoms with Crippen molar-refractivity contribution in [3.8, 4) is 0 Å². The fraction of sp³-hybridized carbons (Fsp3) is 0.176. The molecule has 1 N–H and O–H groups in total. The second-order valence-electron chi connectivity index (χ2n) is 5.63. The molecule has 3 rings (SSSR count). The molecular weight excluding hydrogens is 326 g/mol. The lowest BCUT2D eigenvalue weighted by Gasteiger charge is -2.06. The summed E-state index contributed by atoms with van der Waals surface area (Å²) in [6.07, 6.45) is 0. The van der Waals surface area contributed by atoms with Crippen molar-refractivity contribution in [1.82, 2.24) is 9.88 Å². The highest BCUT2D eigenvalue weighted by Gasteiger charge is 2.16. The van der Waals surface area contributed by atoms with E-state index in [2.05, 4.69) is 5.32 Å². The number of carbonyl (C=O) groups excluding carboxylic acids is 1. The number of rotatable bonds is 5. The van der Waals surface area contributed by atoms with Crippen molar-refractivity contribution in [3.63, 3.8) is 0 Å². The lowest BCUT2D eigenvalue weighted by Crippen LogP contribution is -2.30. The first-order valence-corrected chi connectivity index (χ1v) is 7.54. The number of carbonyl (C=O) groups is 1. The Hall–Kier alpha value is -3.42. The maximum Gasteiger partial charge on any atom is 0.420 e. The van der Waals surface area contributed by atoms with Crippen LogP contribution in [0.25, 0.3) is 11.1 Å². The minimum absolute atomic E-state index is 0.179. The lowest BCUT2D eigenvalue weighted by molar-refractivity contribution is -0.384. The van der Waals surface area contributed by atoms with E-state index < -0.39 is 16.6 Å². The number of nitrogens with zero attached hydrogens (tertiary/aromatic N) is 2. The number of aryl methyl sites for hydroxylation is 1. The predicted octanol–water partition coefficient (Wildman–Crippen LogP) is 2.13. The first-order chi connectivity index (χ1) is 11.9. The first kappa shape index (κ1) is 16.4. The summed E-state index contributed by atoms with van der Waals surface area (Å²) >= 11 is 0. The molecule has 128 valence electrons. The normalized spacial score (nSPS) is 10.8. The largest absolute Gasteiger partial charge is 0.420 e. The third-order valence-corrected chi connectivity index (χ3v) is 3.77. The van der Waals surface area contributed by atoms with E-state index in [1.807, 2.05) is 31.2 Å². The van der Waals surface area contributed by atoms with Gasteiger partial charge in [-0.25, -0.2) is 4.79 Å². The number of oxazole rings is 1. The van der Waals surface area contributed by atoms with Crippen molar-refractivity contribution in [2.24, 2.45) is 0 Å². The van der Waals surface area contributed by atoms with Crippen LogP contribution in [0.2, 0.25) is 0 Å². The minimum atomic E-state index is -0.735.